The van der Waals surface area contributed by atoms with Crippen LogP contribution in [0.2, 0.25) is 0 Å². The predicted octanol–water partition coefficient (Wildman–Crippen LogP) is 0.999. The summed E-state index contributed by atoms with van der Waals surface area (Å²) < 4.78 is 10.8. The molecule has 5 nitrogen and oxygen atoms in total. The van der Waals surface area contributed by atoms with Gasteiger partial charge in [0.2, 0.25) is 5.91 Å². The highest BCUT2D eigenvalue weighted by atomic mass is 32.2. The third-order valence-corrected chi connectivity index (χ3v) is 5.38. The number of carboxylic acids is 1. The summed E-state index contributed by atoms with van der Waals surface area (Å²) in [5, 5.41) is 8.27. The molecule has 0 aromatic carbocycles. The molecule has 0 aromatic heterocycles. The molecular weight excluding hydrogens is 254 g/mol. The normalized spacial score (nSPS) is 20.3. The second-order valence-electron chi connectivity index (χ2n) is 5.14. The maximum atomic E-state index is 12.2. The highest BCUT2D eigenvalue weighted by molar-refractivity contribution is 7.88. The molecule has 2 unspecified atom stereocenters. The SMILES string of the molecule is CC(C(=O)N1CCCCC1)S(=O)C(C)(C)C(=O)O. The second-order valence-corrected chi connectivity index (χ2v) is 7.46. The van der Waals surface area contributed by atoms with Crippen molar-refractivity contribution in [2.45, 2.75) is 50.0 Å². The maximum absolute atomic E-state index is 12.2. The molecule has 0 spiro atoms. The van der Waals surface area contributed by atoms with Crippen molar-refractivity contribution in [3.63, 3.8) is 0 Å². The van der Waals surface area contributed by atoms with Crippen LogP contribution in [0.25, 0.3) is 0 Å². The van der Waals surface area contributed by atoms with E-state index in [0.717, 1.165) is 19.3 Å². The standard InChI is InChI=1S/C12H21NO4S/c1-9(18(17)12(2,3)11(15)16)10(14)13-7-5-4-6-8-13/h9H,4-8H2,1-3H3,(H,15,16). The van der Waals surface area contributed by atoms with Crippen LogP contribution < -0.4 is 0 Å². The first-order chi connectivity index (χ1) is 8.28. The lowest BCUT2D eigenvalue weighted by molar-refractivity contribution is -0.139. The molecule has 1 amide bonds. The molecule has 104 valence electrons. The number of hydrogen-bond donors (Lipinski definition) is 1. The van der Waals surface area contributed by atoms with Crippen LogP contribution in [0.5, 0.6) is 0 Å². The predicted molar refractivity (Wildman–Crippen MR) is 69.8 cm³/mol. The molecule has 2 atom stereocenters. The number of carbonyl (C=O) groups is 2. The van der Waals surface area contributed by atoms with Gasteiger partial charge in [-0.1, -0.05) is 0 Å². The number of rotatable bonds is 4. The Morgan fingerprint density at radius 3 is 2.17 bits per heavy atom. The summed E-state index contributed by atoms with van der Waals surface area (Å²) in [6.07, 6.45) is 3.04. The zero-order valence-corrected chi connectivity index (χ0v) is 12.0. The minimum Gasteiger partial charge on any atom is -0.480 e. The quantitative estimate of drug-likeness (QED) is 0.830. The Balaban J connectivity index is 2.74. The number of piperidine rings is 1. The van der Waals surface area contributed by atoms with Crippen molar-refractivity contribution in [1.29, 1.82) is 0 Å². The van der Waals surface area contributed by atoms with Crippen LogP contribution in [0.4, 0.5) is 0 Å². The maximum Gasteiger partial charge on any atom is 0.321 e. The van der Waals surface area contributed by atoms with Gasteiger partial charge >= 0.3 is 5.97 Å². The first-order valence-electron chi connectivity index (χ1n) is 6.21. The Bertz CT molecular complexity index is 361. The van der Waals surface area contributed by atoms with Crippen molar-refractivity contribution in [2.75, 3.05) is 13.1 Å². The Morgan fingerprint density at radius 1 is 1.22 bits per heavy atom. The number of nitrogens with zero attached hydrogens (tertiary/aromatic N) is 1. The fourth-order valence-corrected chi connectivity index (χ4v) is 3.38. The fourth-order valence-electron chi connectivity index (χ4n) is 1.99. The van der Waals surface area contributed by atoms with E-state index in [1.54, 1.807) is 11.8 Å². The van der Waals surface area contributed by atoms with E-state index in [2.05, 4.69) is 0 Å². The monoisotopic (exact) mass is 275 g/mol. The lowest BCUT2D eigenvalue weighted by Gasteiger charge is -2.31. The van der Waals surface area contributed by atoms with Gasteiger partial charge in [0.15, 0.2) is 0 Å². The van der Waals surface area contributed by atoms with Crippen LogP contribution in [0, 0.1) is 0 Å². The molecule has 1 N–H and O–H groups in total. The van der Waals surface area contributed by atoms with E-state index in [1.807, 2.05) is 0 Å². The lowest BCUT2D eigenvalue weighted by Crippen LogP contribution is -2.48. The average Bonchev–Trinajstić information content (AvgIpc) is 2.36. The summed E-state index contributed by atoms with van der Waals surface area (Å²) in [5.74, 6) is -1.33. The van der Waals surface area contributed by atoms with Crippen molar-refractivity contribution in [2.24, 2.45) is 0 Å². The Morgan fingerprint density at radius 2 is 1.72 bits per heavy atom. The van der Waals surface area contributed by atoms with Crippen LogP contribution in [-0.2, 0) is 20.4 Å². The van der Waals surface area contributed by atoms with E-state index in [-0.39, 0.29) is 5.91 Å². The van der Waals surface area contributed by atoms with Gasteiger partial charge in [-0.05, 0) is 40.0 Å². The summed E-state index contributed by atoms with van der Waals surface area (Å²) >= 11 is 0. The van der Waals surface area contributed by atoms with Crippen LogP contribution in [0.3, 0.4) is 0 Å². The highest BCUT2D eigenvalue weighted by Crippen LogP contribution is 2.20. The number of carboxylic acid groups (broad SMARTS) is 1. The number of likely N-dealkylation sites (tertiary alicyclic amines) is 1. The van der Waals surface area contributed by atoms with E-state index < -0.39 is 26.8 Å². The Labute approximate surface area is 110 Å². The van der Waals surface area contributed by atoms with Gasteiger partial charge in [0.25, 0.3) is 0 Å². The Hall–Kier alpha value is -0.910. The largest absolute Gasteiger partial charge is 0.480 e. The highest BCUT2D eigenvalue weighted by Gasteiger charge is 2.40. The average molecular weight is 275 g/mol. The molecule has 0 aromatic rings. The van der Waals surface area contributed by atoms with Gasteiger partial charge in [0.1, 0.15) is 10.00 Å². The summed E-state index contributed by atoms with van der Waals surface area (Å²) in [6.45, 7) is 5.72. The number of hydrogen-bond acceptors (Lipinski definition) is 3. The van der Waals surface area contributed by atoms with E-state index in [1.165, 1.54) is 13.8 Å². The topological polar surface area (TPSA) is 74.7 Å². The van der Waals surface area contributed by atoms with Crippen molar-refractivity contribution in [1.82, 2.24) is 4.90 Å². The van der Waals surface area contributed by atoms with Crippen LogP contribution >= 0.6 is 0 Å². The van der Waals surface area contributed by atoms with Gasteiger partial charge in [-0.3, -0.25) is 13.8 Å². The molecule has 1 saturated heterocycles. The van der Waals surface area contributed by atoms with Crippen LogP contribution in [-0.4, -0.2) is 49.2 Å². The van der Waals surface area contributed by atoms with Crippen LogP contribution in [0.1, 0.15) is 40.0 Å². The van der Waals surface area contributed by atoms with E-state index in [0.29, 0.717) is 13.1 Å². The van der Waals surface area contributed by atoms with Gasteiger partial charge in [-0.15, -0.1) is 0 Å². The zero-order valence-electron chi connectivity index (χ0n) is 11.1. The van der Waals surface area contributed by atoms with E-state index >= 15 is 0 Å². The van der Waals surface area contributed by atoms with E-state index in [9.17, 15) is 13.8 Å². The van der Waals surface area contributed by atoms with Gasteiger partial charge in [0.05, 0.1) is 10.8 Å². The first kappa shape index (κ1) is 15.1. The summed E-state index contributed by atoms with van der Waals surface area (Å²) in [6, 6.07) is 0. The lowest BCUT2D eigenvalue weighted by atomic mass is 10.1. The van der Waals surface area contributed by atoms with Gasteiger partial charge < -0.3 is 10.0 Å². The van der Waals surface area contributed by atoms with Gasteiger partial charge in [0, 0.05) is 13.1 Å². The van der Waals surface area contributed by atoms with Crippen molar-refractivity contribution < 1.29 is 18.9 Å². The smallest absolute Gasteiger partial charge is 0.321 e. The molecule has 1 aliphatic rings. The van der Waals surface area contributed by atoms with Crippen molar-refractivity contribution in [3.05, 3.63) is 0 Å². The number of carbonyl (C=O) groups excluding carboxylic acids is 1. The molecule has 6 heteroatoms. The third-order valence-electron chi connectivity index (χ3n) is 3.35. The molecule has 1 rings (SSSR count). The molecule has 0 saturated carbocycles. The number of amides is 1. The summed E-state index contributed by atoms with van der Waals surface area (Å²) in [7, 11) is -1.73. The van der Waals surface area contributed by atoms with E-state index in [4.69, 9.17) is 5.11 Å². The van der Waals surface area contributed by atoms with Gasteiger partial charge in [-0.25, -0.2) is 0 Å². The van der Waals surface area contributed by atoms with Crippen molar-refractivity contribution in [3.8, 4) is 0 Å². The minimum absolute atomic E-state index is 0.192. The van der Waals surface area contributed by atoms with Crippen LogP contribution in [0.15, 0.2) is 0 Å². The molecule has 1 heterocycles. The molecule has 0 radical (unpaired) electrons. The molecule has 18 heavy (non-hydrogen) atoms. The summed E-state index contributed by atoms with van der Waals surface area (Å²) in [4.78, 5) is 24.9. The second kappa shape index (κ2) is 5.82. The molecule has 0 aliphatic carbocycles. The zero-order chi connectivity index (χ0) is 13.9. The molecular formula is C12H21NO4S. The third kappa shape index (κ3) is 3.10. The Kier molecular flexibility index (Phi) is 4.90. The van der Waals surface area contributed by atoms with Gasteiger partial charge in [-0.2, -0.15) is 0 Å². The summed E-state index contributed by atoms with van der Waals surface area (Å²) in [5.41, 5.74) is 0. The van der Waals surface area contributed by atoms with Crippen molar-refractivity contribution >= 4 is 22.7 Å². The first-order valence-corrected chi connectivity index (χ1v) is 7.42. The number of aliphatic carboxylic acids is 1. The molecule has 1 fully saturated rings. The molecule has 0 bridgehead atoms. The molecule has 1 aliphatic heterocycles. The fraction of sp³-hybridized carbons (Fsp3) is 0.833. The minimum atomic E-state index is -1.73.